The Morgan fingerprint density at radius 2 is 1.53 bits per heavy atom. The molecule has 0 aliphatic heterocycles. The molecule has 1 unspecified atom stereocenters. The summed E-state index contributed by atoms with van der Waals surface area (Å²) in [5.41, 5.74) is 7.68. The molecule has 0 spiro atoms. The van der Waals surface area contributed by atoms with Gasteiger partial charge < -0.3 is 15.2 Å². The number of benzene rings is 3. The lowest BCUT2D eigenvalue weighted by molar-refractivity contribution is -0.139. The first-order valence-corrected chi connectivity index (χ1v) is 11.9. The molecule has 7 heteroatoms. The summed E-state index contributed by atoms with van der Waals surface area (Å²) < 4.78 is 7.35. The maximum atomic E-state index is 12.7. The van der Waals surface area contributed by atoms with Gasteiger partial charge in [-0.25, -0.2) is 14.3 Å². The molecule has 5 rings (SSSR count). The van der Waals surface area contributed by atoms with E-state index in [4.69, 9.17) is 4.74 Å². The van der Waals surface area contributed by atoms with Crippen LogP contribution in [0, 0.1) is 13.8 Å². The number of aliphatic carboxylic acids is 1. The van der Waals surface area contributed by atoms with Crippen molar-refractivity contribution < 1.29 is 19.4 Å². The number of rotatable bonds is 7. The normalized spacial score (nSPS) is 13.1. The number of carboxylic acid groups (broad SMARTS) is 1. The van der Waals surface area contributed by atoms with Gasteiger partial charge in [0.1, 0.15) is 12.6 Å². The lowest BCUT2D eigenvalue weighted by Gasteiger charge is -2.18. The smallest absolute Gasteiger partial charge is 0.407 e. The third-order valence-electron chi connectivity index (χ3n) is 6.78. The molecule has 2 N–H and O–H groups in total. The fourth-order valence-corrected chi connectivity index (χ4v) is 4.98. The fourth-order valence-electron chi connectivity index (χ4n) is 4.98. The first-order chi connectivity index (χ1) is 17.4. The molecule has 7 nitrogen and oxygen atoms in total. The molecule has 0 radical (unpaired) electrons. The van der Waals surface area contributed by atoms with Crippen molar-refractivity contribution in [2.45, 2.75) is 32.2 Å². The van der Waals surface area contributed by atoms with E-state index >= 15 is 0 Å². The third-order valence-corrected chi connectivity index (χ3v) is 6.78. The van der Waals surface area contributed by atoms with Crippen molar-refractivity contribution in [2.75, 3.05) is 6.61 Å². The van der Waals surface area contributed by atoms with Crippen LogP contribution in [0.15, 0.2) is 78.9 Å². The molecule has 1 aromatic heterocycles. The molecule has 0 saturated heterocycles. The van der Waals surface area contributed by atoms with Crippen LogP contribution in [0.3, 0.4) is 0 Å². The van der Waals surface area contributed by atoms with Crippen molar-refractivity contribution in [1.82, 2.24) is 15.1 Å². The molecular formula is C29H27N3O4. The molecule has 0 bridgehead atoms. The number of ether oxygens (including phenoxy) is 1. The number of fused-ring (bicyclic) bond motifs is 3. The standard InChI is InChI=1S/C29H27N3O4/c1-18-25(19(2)32(31-18)20-10-4-3-5-11-20)16-27(28(33)34)30-29(35)36-17-26-23-14-8-6-12-21(23)22-13-7-9-15-24(22)26/h3-15,26-27H,16-17H2,1-2H3,(H,30,35)(H,33,34). The van der Waals surface area contributed by atoms with E-state index in [-0.39, 0.29) is 18.9 Å². The highest BCUT2D eigenvalue weighted by molar-refractivity contribution is 5.81. The first-order valence-electron chi connectivity index (χ1n) is 11.9. The second kappa shape index (κ2) is 9.70. The molecule has 1 amide bonds. The van der Waals surface area contributed by atoms with Crippen LogP contribution in [0.2, 0.25) is 0 Å². The Morgan fingerprint density at radius 3 is 2.14 bits per heavy atom. The number of hydrogen-bond acceptors (Lipinski definition) is 4. The number of alkyl carbamates (subject to hydrolysis) is 1. The maximum absolute atomic E-state index is 12.7. The van der Waals surface area contributed by atoms with Crippen molar-refractivity contribution >= 4 is 12.1 Å². The molecule has 4 aromatic rings. The topological polar surface area (TPSA) is 93.5 Å². The van der Waals surface area contributed by atoms with Gasteiger partial charge in [-0.2, -0.15) is 5.10 Å². The van der Waals surface area contributed by atoms with Crippen LogP contribution in [0.5, 0.6) is 0 Å². The monoisotopic (exact) mass is 481 g/mol. The molecule has 1 heterocycles. The minimum Gasteiger partial charge on any atom is -0.480 e. The van der Waals surface area contributed by atoms with Crippen molar-refractivity contribution in [1.29, 1.82) is 0 Å². The van der Waals surface area contributed by atoms with Crippen LogP contribution in [-0.2, 0) is 16.0 Å². The molecule has 0 saturated carbocycles. The summed E-state index contributed by atoms with van der Waals surface area (Å²) in [5.74, 6) is -1.23. The Morgan fingerprint density at radius 1 is 0.944 bits per heavy atom. The van der Waals surface area contributed by atoms with E-state index in [2.05, 4.69) is 22.5 Å². The molecule has 1 aliphatic rings. The van der Waals surface area contributed by atoms with Gasteiger partial charge in [0.2, 0.25) is 0 Å². The van der Waals surface area contributed by atoms with Gasteiger partial charge in [-0.1, -0.05) is 66.7 Å². The quantitative estimate of drug-likeness (QED) is 0.386. The van der Waals surface area contributed by atoms with E-state index in [9.17, 15) is 14.7 Å². The summed E-state index contributed by atoms with van der Waals surface area (Å²) in [4.78, 5) is 24.7. The largest absolute Gasteiger partial charge is 0.480 e. The zero-order valence-corrected chi connectivity index (χ0v) is 20.1. The number of nitrogens with one attached hydrogen (secondary N) is 1. The molecule has 3 aromatic carbocycles. The summed E-state index contributed by atoms with van der Waals surface area (Å²) in [6, 6.07) is 24.6. The molecule has 36 heavy (non-hydrogen) atoms. The van der Waals surface area contributed by atoms with Gasteiger partial charge in [-0.15, -0.1) is 0 Å². The van der Waals surface area contributed by atoms with E-state index in [1.54, 1.807) is 4.68 Å². The molecule has 1 atom stereocenters. The van der Waals surface area contributed by atoms with Crippen LogP contribution in [0.1, 0.15) is 34.0 Å². The average molecular weight is 482 g/mol. The Bertz CT molecular complexity index is 1380. The molecular weight excluding hydrogens is 454 g/mol. The lowest BCUT2D eigenvalue weighted by atomic mass is 9.98. The van der Waals surface area contributed by atoms with Crippen LogP contribution in [0.25, 0.3) is 16.8 Å². The van der Waals surface area contributed by atoms with Gasteiger partial charge in [-0.05, 0) is 53.8 Å². The number of nitrogens with zero attached hydrogens (tertiary/aromatic N) is 2. The predicted molar refractivity (Wildman–Crippen MR) is 136 cm³/mol. The highest BCUT2D eigenvalue weighted by atomic mass is 16.5. The second-order valence-electron chi connectivity index (χ2n) is 8.96. The van der Waals surface area contributed by atoms with Crippen molar-refractivity contribution in [3.8, 4) is 16.8 Å². The number of carbonyl (C=O) groups is 2. The van der Waals surface area contributed by atoms with Crippen molar-refractivity contribution in [3.05, 3.63) is 107 Å². The number of aryl methyl sites for hydroxylation is 1. The van der Waals surface area contributed by atoms with Crippen LogP contribution < -0.4 is 5.32 Å². The van der Waals surface area contributed by atoms with Gasteiger partial charge in [0.25, 0.3) is 0 Å². The Hall–Kier alpha value is -4.39. The number of carbonyl (C=O) groups excluding carboxylic acids is 1. The summed E-state index contributed by atoms with van der Waals surface area (Å²) in [6.07, 6.45) is -0.653. The number of aromatic nitrogens is 2. The van der Waals surface area contributed by atoms with E-state index in [1.165, 1.54) is 0 Å². The fraction of sp³-hybridized carbons (Fsp3) is 0.207. The Balaban J connectivity index is 1.29. The zero-order valence-electron chi connectivity index (χ0n) is 20.1. The molecule has 0 fully saturated rings. The van der Waals surface area contributed by atoms with Crippen LogP contribution in [-0.4, -0.2) is 39.6 Å². The van der Waals surface area contributed by atoms with Crippen LogP contribution >= 0.6 is 0 Å². The summed E-state index contributed by atoms with van der Waals surface area (Å²) in [5, 5.41) is 17.0. The maximum Gasteiger partial charge on any atom is 0.407 e. The lowest BCUT2D eigenvalue weighted by Crippen LogP contribution is -2.43. The Labute approximate surface area is 209 Å². The highest BCUT2D eigenvalue weighted by Crippen LogP contribution is 2.44. The van der Waals surface area contributed by atoms with Crippen molar-refractivity contribution in [2.24, 2.45) is 0 Å². The zero-order chi connectivity index (χ0) is 25.2. The van der Waals surface area contributed by atoms with Crippen molar-refractivity contribution in [3.63, 3.8) is 0 Å². The average Bonchev–Trinajstić information content (AvgIpc) is 3.36. The third kappa shape index (κ3) is 4.35. The summed E-state index contributed by atoms with van der Waals surface area (Å²) in [7, 11) is 0. The van der Waals surface area contributed by atoms with E-state index in [1.807, 2.05) is 80.6 Å². The van der Waals surface area contributed by atoms with E-state index in [0.717, 1.165) is 44.9 Å². The minimum absolute atomic E-state index is 0.0972. The predicted octanol–water partition coefficient (Wildman–Crippen LogP) is 5.02. The van der Waals surface area contributed by atoms with Gasteiger partial charge in [0.15, 0.2) is 0 Å². The Kier molecular flexibility index (Phi) is 6.29. The second-order valence-corrected chi connectivity index (χ2v) is 8.96. The van der Waals surface area contributed by atoms with Gasteiger partial charge in [0.05, 0.1) is 11.4 Å². The number of carboxylic acids is 1. The van der Waals surface area contributed by atoms with Gasteiger partial charge in [-0.3, -0.25) is 0 Å². The molecule has 182 valence electrons. The number of para-hydroxylation sites is 1. The van der Waals surface area contributed by atoms with E-state index in [0.29, 0.717) is 0 Å². The number of amides is 1. The van der Waals surface area contributed by atoms with Crippen LogP contribution in [0.4, 0.5) is 4.79 Å². The van der Waals surface area contributed by atoms with E-state index < -0.39 is 18.1 Å². The van der Waals surface area contributed by atoms with Gasteiger partial charge in [0, 0.05) is 18.0 Å². The molecule has 1 aliphatic carbocycles. The summed E-state index contributed by atoms with van der Waals surface area (Å²) in [6.45, 7) is 3.86. The summed E-state index contributed by atoms with van der Waals surface area (Å²) >= 11 is 0. The number of hydrogen-bond donors (Lipinski definition) is 2. The van der Waals surface area contributed by atoms with Gasteiger partial charge >= 0.3 is 12.1 Å². The minimum atomic E-state index is -1.15. The first kappa shape index (κ1) is 23.4. The SMILES string of the molecule is Cc1nn(-c2ccccc2)c(C)c1CC(NC(=O)OCC1c2ccccc2-c2ccccc21)C(=O)O. The highest BCUT2D eigenvalue weighted by Gasteiger charge is 2.30.